The van der Waals surface area contributed by atoms with Crippen molar-refractivity contribution in [1.82, 2.24) is 9.13 Å². The molecule has 0 amide bonds. The van der Waals surface area contributed by atoms with Gasteiger partial charge in [0.05, 0.1) is 13.2 Å². The number of rotatable bonds is 2. The molecule has 0 fully saturated rings. The van der Waals surface area contributed by atoms with Crippen molar-refractivity contribution < 1.29 is 4.57 Å². The summed E-state index contributed by atoms with van der Waals surface area (Å²) in [5, 5.41) is 2.58. The molecule has 0 saturated carbocycles. The minimum Gasteiger partial charge on any atom is -0.237 e. The molecule has 0 aliphatic carbocycles. The van der Waals surface area contributed by atoms with Crippen LogP contribution in [0.5, 0.6) is 0 Å². The van der Waals surface area contributed by atoms with Gasteiger partial charge in [-0.3, -0.25) is 0 Å². The Morgan fingerprint density at radius 1 is 0.769 bits per heavy atom. The van der Waals surface area contributed by atoms with Crippen molar-refractivity contribution in [3.8, 4) is 11.6 Å². The monoisotopic (exact) mass is 338 g/mol. The van der Waals surface area contributed by atoms with Crippen LogP contribution in [0.1, 0.15) is 5.56 Å². The predicted molar refractivity (Wildman–Crippen MR) is 106 cm³/mol. The molecule has 5 aromatic rings. The van der Waals surface area contributed by atoms with Crippen LogP contribution in [-0.4, -0.2) is 9.13 Å². The lowest BCUT2D eigenvalue weighted by molar-refractivity contribution is -0.664. The van der Waals surface area contributed by atoms with Crippen LogP contribution in [0.3, 0.4) is 0 Å². The number of fused-ring (bicyclic) bond motifs is 3. The standard InChI is InChI=1S/C23H20N3/c1-17-9-8-13-20-19-12-6-7-14-21(19)26(22(17)20)23-24(2)15-16-25(23)18-10-4-3-5-11-18/h3-16H,1-2H3/q+1. The topological polar surface area (TPSA) is 13.7 Å². The van der Waals surface area contributed by atoms with E-state index in [9.17, 15) is 0 Å². The zero-order valence-electron chi connectivity index (χ0n) is 14.9. The Morgan fingerprint density at radius 3 is 2.35 bits per heavy atom. The predicted octanol–water partition coefficient (Wildman–Crippen LogP) is 4.71. The first-order valence-corrected chi connectivity index (χ1v) is 8.87. The van der Waals surface area contributed by atoms with Gasteiger partial charge in [-0.1, -0.05) is 54.6 Å². The zero-order chi connectivity index (χ0) is 17.7. The number of aryl methyl sites for hydroxylation is 2. The summed E-state index contributed by atoms with van der Waals surface area (Å²) in [6.07, 6.45) is 4.24. The lowest BCUT2D eigenvalue weighted by atomic mass is 10.1. The van der Waals surface area contributed by atoms with Crippen molar-refractivity contribution >= 4 is 21.8 Å². The van der Waals surface area contributed by atoms with Crippen LogP contribution >= 0.6 is 0 Å². The second-order valence-electron chi connectivity index (χ2n) is 6.74. The van der Waals surface area contributed by atoms with Gasteiger partial charge in [0, 0.05) is 10.8 Å². The number of hydrogen-bond donors (Lipinski definition) is 0. The van der Waals surface area contributed by atoms with Gasteiger partial charge < -0.3 is 0 Å². The molecule has 26 heavy (non-hydrogen) atoms. The minimum atomic E-state index is 1.12. The highest BCUT2D eigenvalue weighted by Crippen LogP contribution is 2.33. The lowest BCUT2D eigenvalue weighted by Crippen LogP contribution is -2.32. The molecule has 0 spiro atoms. The Hall–Kier alpha value is -3.33. The van der Waals surface area contributed by atoms with Crippen molar-refractivity contribution in [2.45, 2.75) is 6.92 Å². The second kappa shape index (κ2) is 5.60. The van der Waals surface area contributed by atoms with Gasteiger partial charge in [0.1, 0.15) is 22.9 Å². The average molecular weight is 338 g/mol. The van der Waals surface area contributed by atoms with Crippen LogP contribution in [-0.2, 0) is 7.05 Å². The van der Waals surface area contributed by atoms with Gasteiger partial charge in [-0.05, 0) is 30.7 Å². The quantitative estimate of drug-likeness (QED) is 0.414. The number of benzene rings is 3. The van der Waals surface area contributed by atoms with E-state index in [2.05, 4.69) is 113 Å². The van der Waals surface area contributed by atoms with Crippen LogP contribution < -0.4 is 4.57 Å². The number of aromatic nitrogens is 3. The van der Waals surface area contributed by atoms with Crippen molar-refractivity contribution in [2.24, 2.45) is 7.05 Å². The molecule has 3 nitrogen and oxygen atoms in total. The molecular formula is C23H20N3+. The Balaban J connectivity index is 1.96. The number of nitrogens with zero attached hydrogens (tertiary/aromatic N) is 3. The highest BCUT2D eigenvalue weighted by atomic mass is 15.3. The minimum absolute atomic E-state index is 1.12. The first-order chi connectivity index (χ1) is 12.8. The summed E-state index contributed by atoms with van der Waals surface area (Å²) < 4.78 is 6.82. The molecule has 126 valence electrons. The molecule has 0 aliphatic heterocycles. The second-order valence-corrected chi connectivity index (χ2v) is 6.74. The summed E-state index contributed by atoms with van der Waals surface area (Å²) in [6, 6.07) is 25.7. The van der Waals surface area contributed by atoms with E-state index in [0.717, 1.165) is 11.6 Å². The summed E-state index contributed by atoms with van der Waals surface area (Å²) in [7, 11) is 2.10. The molecule has 2 aromatic heterocycles. The van der Waals surface area contributed by atoms with Gasteiger partial charge in [0.25, 0.3) is 0 Å². The van der Waals surface area contributed by atoms with Crippen molar-refractivity contribution in [3.63, 3.8) is 0 Å². The Morgan fingerprint density at radius 2 is 1.50 bits per heavy atom. The molecule has 0 radical (unpaired) electrons. The molecule has 2 heterocycles. The van der Waals surface area contributed by atoms with E-state index in [0.29, 0.717) is 0 Å². The Bertz CT molecular complexity index is 1240. The third kappa shape index (κ3) is 2.04. The van der Waals surface area contributed by atoms with Gasteiger partial charge in [0.2, 0.25) is 0 Å². The lowest BCUT2D eigenvalue weighted by Gasteiger charge is -2.07. The van der Waals surface area contributed by atoms with Crippen LogP contribution in [0.2, 0.25) is 0 Å². The van der Waals surface area contributed by atoms with Crippen molar-refractivity contribution in [2.75, 3.05) is 0 Å². The Labute approximate surface area is 152 Å². The maximum Gasteiger partial charge on any atom is 0.374 e. The van der Waals surface area contributed by atoms with Gasteiger partial charge in [0.15, 0.2) is 0 Å². The number of imidazole rings is 1. The highest BCUT2D eigenvalue weighted by molar-refractivity contribution is 6.09. The van der Waals surface area contributed by atoms with Crippen LogP contribution in [0.15, 0.2) is 85.2 Å². The summed E-state index contributed by atoms with van der Waals surface area (Å²) in [6.45, 7) is 2.19. The van der Waals surface area contributed by atoms with Crippen molar-refractivity contribution in [1.29, 1.82) is 0 Å². The van der Waals surface area contributed by atoms with Gasteiger partial charge in [-0.2, -0.15) is 4.57 Å². The molecule has 0 saturated heterocycles. The molecule has 0 atom stereocenters. The molecular weight excluding hydrogens is 318 g/mol. The van der Waals surface area contributed by atoms with Crippen molar-refractivity contribution in [3.05, 3.63) is 90.8 Å². The summed E-state index contributed by atoms with van der Waals surface area (Å²) in [4.78, 5) is 0. The van der Waals surface area contributed by atoms with Crippen LogP contribution in [0.25, 0.3) is 33.4 Å². The van der Waals surface area contributed by atoms with Crippen LogP contribution in [0.4, 0.5) is 0 Å². The molecule has 0 bridgehead atoms. The van der Waals surface area contributed by atoms with E-state index in [1.807, 2.05) is 0 Å². The third-order valence-corrected chi connectivity index (χ3v) is 5.10. The first kappa shape index (κ1) is 15.0. The maximum absolute atomic E-state index is 2.38. The van der Waals surface area contributed by atoms with E-state index in [1.54, 1.807) is 0 Å². The largest absolute Gasteiger partial charge is 0.374 e. The van der Waals surface area contributed by atoms with E-state index in [1.165, 1.54) is 27.4 Å². The molecule has 5 rings (SSSR count). The number of hydrogen-bond acceptors (Lipinski definition) is 0. The summed E-state index contributed by atoms with van der Waals surface area (Å²) in [5.41, 5.74) is 4.92. The Kier molecular flexibility index (Phi) is 3.22. The van der Waals surface area contributed by atoms with Gasteiger partial charge in [-0.15, -0.1) is 0 Å². The van der Waals surface area contributed by atoms with Gasteiger partial charge in [-0.25, -0.2) is 9.13 Å². The fraction of sp³-hybridized carbons (Fsp3) is 0.0870. The zero-order valence-corrected chi connectivity index (χ0v) is 14.9. The summed E-state index contributed by atoms with van der Waals surface area (Å²) in [5.74, 6) is 1.12. The third-order valence-electron chi connectivity index (χ3n) is 5.10. The molecule has 0 N–H and O–H groups in total. The van der Waals surface area contributed by atoms with E-state index < -0.39 is 0 Å². The summed E-state index contributed by atoms with van der Waals surface area (Å²) >= 11 is 0. The first-order valence-electron chi connectivity index (χ1n) is 8.87. The average Bonchev–Trinajstić information content (AvgIpc) is 3.21. The molecule has 3 aromatic carbocycles. The normalized spacial score (nSPS) is 11.5. The fourth-order valence-corrected chi connectivity index (χ4v) is 3.92. The fourth-order valence-electron chi connectivity index (χ4n) is 3.92. The SMILES string of the molecule is Cc1cccc2c3ccccc3n(-c3n(-c4ccccc4)cc[n+]3C)c12. The van der Waals surface area contributed by atoms with E-state index in [-0.39, 0.29) is 0 Å². The maximum atomic E-state index is 2.38. The smallest absolute Gasteiger partial charge is 0.237 e. The van der Waals surface area contributed by atoms with Crippen LogP contribution in [0, 0.1) is 6.92 Å². The van der Waals surface area contributed by atoms with Gasteiger partial charge >= 0.3 is 5.95 Å². The number of para-hydroxylation sites is 3. The highest BCUT2D eigenvalue weighted by Gasteiger charge is 2.25. The molecule has 0 aliphatic rings. The molecule has 3 heteroatoms. The molecule has 0 unspecified atom stereocenters. The van der Waals surface area contributed by atoms with E-state index in [4.69, 9.17) is 0 Å². The van der Waals surface area contributed by atoms with E-state index >= 15 is 0 Å².